The van der Waals surface area contributed by atoms with E-state index in [0.29, 0.717) is 16.5 Å². The second-order valence-corrected chi connectivity index (χ2v) is 6.59. The standard InChI is InChI=1S/C17H25ClN2O2/c1-11-5-7-20(8-6-11)13(3)17(21)19-15-9-12(2)14(18)10-16(15)22-4/h9-11,13H,5-8H2,1-4H3,(H,19,21)/t13-/m0/s1. The first-order valence-electron chi connectivity index (χ1n) is 7.81. The van der Waals surface area contributed by atoms with Gasteiger partial charge in [0.15, 0.2) is 0 Å². The number of anilines is 1. The van der Waals surface area contributed by atoms with E-state index in [1.807, 2.05) is 19.9 Å². The van der Waals surface area contributed by atoms with Crippen molar-refractivity contribution in [3.05, 3.63) is 22.7 Å². The molecule has 2 rings (SSSR count). The third kappa shape index (κ3) is 3.93. The molecule has 122 valence electrons. The van der Waals surface area contributed by atoms with Crippen LogP contribution in [0.5, 0.6) is 5.75 Å². The molecule has 0 saturated carbocycles. The van der Waals surface area contributed by atoms with Crippen LogP contribution in [0, 0.1) is 12.8 Å². The van der Waals surface area contributed by atoms with Gasteiger partial charge in [-0.2, -0.15) is 0 Å². The highest BCUT2D eigenvalue weighted by Crippen LogP contribution is 2.31. The average Bonchev–Trinajstić information content (AvgIpc) is 2.50. The molecule has 1 aliphatic heterocycles. The molecule has 1 aromatic rings. The van der Waals surface area contributed by atoms with E-state index in [0.717, 1.165) is 37.4 Å². The number of piperidine rings is 1. The maximum atomic E-state index is 12.5. The normalized spacial score (nSPS) is 18.0. The molecule has 1 fully saturated rings. The lowest BCUT2D eigenvalue weighted by molar-refractivity contribution is -0.121. The number of rotatable bonds is 4. The van der Waals surface area contributed by atoms with E-state index < -0.39 is 0 Å². The molecule has 0 aliphatic carbocycles. The van der Waals surface area contributed by atoms with Gasteiger partial charge in [0, 0.05) is 11.1 Å². The number of nitrogens with one attached hydrogen (secondary N) is 1. The molecule has 5 heteroatoms. The number of methoxy groups -OCH3 is 1. The quantitative estimate of drug-likeness (QED) is 0.917. The maximum Gasteiger partial charge on any atom is 0.241 e. The number of ether oxygens (including phenoxy) is 1. The van der Waals surface area contributed by atoms with Crippen molar-refractivity contribution in [2.75, 3.05) is 25.5 Å². The van der Waals surface area contributed by atoms with Crippen molar-refractivity contribution >= 4 is 23.2 Å². The summed E-state index contributed by atoms with van der Waals surface area (Å²) >= 11 is 6.10. The SMILES string of the molecule is COc1cc(Cl)c(C)cc1NC(=O)[C@H](C)N1CCC(C)CC1. The number of likely N-dealkylation sites (tertiary alicyclic amines) is 1. The number of amides is 1. The second kappa shape index (κ2) is 7.34. The number of hydrogen-bond acceptors (Lipinski definition) is 3. The Bertz CT molecular complexity index is 540. The van der Waals surface area contributed by atoms with Crippen molar-refractivity contribution in [1.82, 2.24) is 4.90 Å². The molecule has 1 amide bonds. The lowest BCUT2D eigenvalue weighted by Crippen LogP contribution is -2.45. The summed E-state index contributed by atoms with van der Waals surface area (Å²) in [5.41, 5.74) is 1.59. The molecule has 4 nitrogen and oxygen atoms in total. The van der Waals surface area contributed by atoms with Gasteiger partial charge >= 0.3 is 0 Å². The van der Waals surface area contributed by atoms with Crippen LogP contribution in [-0.4, -0.2) is 37.0 Å². The molecule has 1 aromatic carbocycles. The number of aryl methyl sites for hydroxylation is 1. The molecular formula is C17H25ClN2O2. The van der Waals surface area contributed by atoms with E-state index in [2.05, 4.69) is 17.1 Å². The fraction of sp³-hybridized carbons (Fsp3) is 0.588. The van der Waals surface area contributed by atoms with Crippen LogP contribution < -0.4 is 10.1 Å². The number of hydrogen-bond donors (Lipinski definition) is 1. The predicted molar refractivity (Wildman–Crippen MR) is 90.8 cm³/mol. The zero-order chi connectivity index (χ0) is 16.3. The minimum Gasteiger partial charge on any atom is -0.495 e. The Kier molecular flexibility index (Phi) is 5.70. The minimum absolute atomic E-state index is 0.00502. The zero-order valence-electron chi connectivity index (χ0n) is 13.8. The molecule has 1 atom stereocenters. The minimum atomic E-state index is -0.145. The van der Waals surface area contributed by atoms with E-state index >= 15 is 0 Å². The summed E-state index contributed by atoms with van der Waals surface area (Å²) in [4.78, 5) is 14.8. The zero-order valence-corrected chi connectivity index (χ0v) is 14.5. The van der Waals surface area contributed by atoms with Crippen molar-refractivity contribution < 1.29 is 9.53 Å². The third-order valence-electron chi connectivity index (χ3n) is 4.48. The molecule has 22 heavy (non-hydrogen) atoms. The van der Waals surface area contributed by atoms with Crippen molar-refractivity contribution in [2.45, 2.75) is 39.7 Å². The second-order valence-electron chi connectivity index (χ2n) is 6.19. The van der Waals surface area contributed by atoms with Crippen LogP contribution in [0.25, 0.3) is 0 Å². The lowest BCUT2D eigenvalue weighted by Gasteiger charge is -2.34. The van der Waals surface area contributed by atoms with Gasteiger partial charge in [-0.25, -0.2) is 0 Å². The topological polar surface area (TPSA) is 41.6 Å². The summed E-state index contributed by atoms with van der Waals surface area (Å²) in [6, 6.07) is 3.44. The Labute approximate surface area is 137 Å². The lowest BCUT2D eigenvalue weighted by atomic mass is 9.98. The summed E-state index contributed by atoms with van der Waals surface area (Å²) in [7, 11) is 1.58. The predicted octanol–water partition coefficient (Wildman–Crippen LogP) is 3.72. The molecule has 0 radical (unpaired) electrons. The van der Waals surface area contributed by atoms with Gasteiger partial charge in [0.25, 0.3) is 0 Å². The fourth-order valence-electron chi connectivity index (χ4n) is 2.75. The average molecular weight is 325 g/mol. The Morgan fingerprint density at radius 2 is 2.05 bits per heavy atom. The van der Waals surface area contributed by atoms with Crippen LogP contribution in [0.15, 0.2) is 12.1 Å². The highest BCUT2D eigenvalue weighted by atomic mass is 35.5. The highest BCUT2D eigenvalue weighted by molar-refractivity contribution is 6.31. The van der Waals surface area contributed by atoms with Crippen molar-refractivity contribution in [2.24, 2.45) is 5.92 Å². The van der Waals surface area contributed by atoms with Crippen LogP contribution in [0.4, 0.5) is 5.69 Å². The van der Waals surface area contributed by atoms with Crippen molar-refractivity contribution in [1.29, 1.82) is 0 Å². The van der Waals surface area contributed by atoms with E-state index in [4.69, 9.17) is 16.3 Å². The third-order valence-corrected chi connectivity index (χ3v) is 4.89. The first-order chi connectivity index (χ1) is 10.4. The Balaban J connectivity index is 2.06. The summed E-state index contributed by atoms with van der Waals surface area (Å²) in [5, 5.41) is 3.61. The molecular weight excluding hydrogens is 300 g/mol. The van der Waals surface area contributed by atoms with Gasteiger partial charge in [0.05, 0.1) is 18.8 Å². The monoisotopic (exact) mass is 324 g/mol. The van der Waals surface area contributed by atoms with Crippen LogP contribution in [0.3, 0.4) is 0 Å². The van der Waals surface area contributed by atoms with Crippen molar-refractivity contribution in [3.63, 3.8) is 0 Å². The molecule has 1 aliphatic rings. The van der Waals surface area contributed by atoms with E-state index in [1.54, 1.807) is 13.2 Å². The number of benzene rings is 1. The summed E-state index contributed by atoms with van der Waals surface area (Å²) in [6.07, 6.45) is 2.31. The summed E-state index contributed by atoms with van der Waals surface area (Å²) < 4.78 is 5.31. The van der Waals surface area contributed by atoms with E-state index in [-0.39, 0.29) is 11.9 Å². The molecule has 0 aromatic heterocycles. The fourth-order valence-corrected chi connectivity index (χ4v) is 2.90. The Hall–Kier alpha value is -1.26. The van der Waals surface area contributed by atoms with Crippen LogP contribution >= 0.6 is 11.6 Å². The van der Waals surface area contributed by atoms with Gasteiger partial charge in [-0.3, -0.25) is 9.69 Å². The molecule has 1 saturated heterocycles. The maximum absolute atomic E-state index is 12.5. The summed E-state index contributed by atoms with van der Waals surface area (Å²) in [6.45, 7) is 8.09. The number of carbonyl (C=O) groups is 1. The van der Waals surface area contributed by atoms with Crippen molar-refractivity contribution in [3.8, 4) is 5.75 Å². The first kappa shape index (κ1) is 17.1. The van der Waals surface area contributed by atoms with Gasteiger partial charge in [-0.15, -0.1) is 0 Å². The number of carbonyl (C=O) groups excluding carboxylic acids is 1. The molecule has 1 heterocycles. The van der Waals surface area contributed by atoms with E-state index in [9.17, 15) is 4.79 Å². The first-order valence-corrected chi connectivity index (χ1v) is 8.19. The Morgan fingerprint density at radius 3 is 2.64 bits per heavy atom. The van der Waals surface area contributed by atoms with Gasteiger partial charge in [-0.05, 0) is 57.3 Å². The highest BCUT2D eigenvalue weighted by Gasteiger charge is 2.25. The molecule has 1 N–H and O–H groups in total. The van der Waals surface area contributed by atoms with Crippen LogP contribution in [0.1, 0.15) is 32.3 Å². The number of halogens is 1. The van der Waals surface area contributed by atoms with Gasteiger partial charge in [0.2, 0.25) is 5.91 Å². The molecule has 0 spiro atoms. The summed E-state index contributed by atoms with van der Waals surface area (Å²) in [5.74, 6) is 1.34. The smallest absolute Gasteiger partial charge is 0.241 e. The largest absolute Gasteiger partial charge is 0.495 e. The van der Waals surface area contributed by atoms with Gasteiger partial charge < -0.3 is 10.1 Å². The van der Waals surface area contributed by atoms with E-state index in [1.165, 1.54) is 0 Å². The molecule has 0 unspecified atom stereocenters. The van der Waals surface area contributed by atoms with Crippen LogP contribution in [0.2, 0.25) is 5.02 Å². The Morgan fingerprint density at radius 1 is 1.41 bits per heavy atom. The van der Waals surface area contributed by atoms with Gasteiger partial charge in [-0.1, -0.05) is 18.5 Å². The van der Waals surface area contributed by atoms with Crippen LogP contribution in [-0.2, 0) is 4.79 Å². The number of nitrogens with zero attached hydrogens (tertiary/aromatic N) is 1. The molecule has 0 bridgehead atoms. The van der Waals surface area contributed by atoms with Gasteiger partial charge in [0.1, 0.15) is 5.75 Å².